The fourth-order valence-corrected chi connectivity index (χ4v) is 1.63. The van der Waals surface area contributed by atoms with Gasteiger partial charge in [0.25, 0.3) is 0 Å². The van der Waals surface area contributed by atoms with E-state index < -0.39 is 17.7 Å². The van der Waals surface area contributed by atoms with Gasteiger partial charge in [-0.15, -0.1) is 0 Å². The normalized spacial score (nSPS) is 10.0. The molecule has 4 nitrogen and oxygen atoms in total. The number of hydrogen-bond acceptors (Lipinski definition) is 2. The van der Waals surface area contributed by atoms with Crippen LogP contribution in [-0.2, 0) is 0 Å². The molecule has 2 amide bonds. The van der Waals surface area contributed by atoms with Crippen LogP contribution in [0.3, 0.4) is 0 Å². The van der Waals surface area contributed by atoms with Gasteiger partial charge in [0.15, 0.2) is 11.6 Å². The molecule has 21 heavy (non-hydrogen) atoms. The molecule has 0 atom stereocenters. The van der Waals surface area contributed by atoms with Crippen molar-refractivity contribution in [2.45, 2.75) is 0 Å². The summed E-state index contributed by atoms with van der Waals surface area (Å²) in [6.45, 7) is 0.312. The van der Waals surface area contributed by atoms with Crippen molar-refractivity contribution < 1.29 is 18.3 Å². The quantitative estimate of drug-likeness (QED) is 0.832. The molecule has 2 aromatic rings. The highest BCUT2D eigenvalue weighted by molar-refractivity contribution is 5.89. The molecular weight excluding hydrogens is 278 g/mol. The Hall–Kier alpha value is -2.63. The number of anilines is 1. The molecule has 110 valence electrons. The molecule has 0 saturated carbocycles. The summed E-state index contributed by atoms with van der Waals surface area (Å²) in [5.74, 6) is -0.762. The zero-order valence-corrected chi connectivity index (χ0v) is 11.1. The largest absolute Gasteiger partial charge is 0.489 e. The summed E-state index contributed by atoms with van der Waals surface area (Å²) in [7, 11) is 0. The molecule has 6 heteroatoms. The molecule has 2 aromatic carbocycles. The summed E-state index contributed by atoms with van der Waals surface area (Å²) in [4.78, 5) is 11.5. The number of carbonyl (C=O) groups excluding carboxylic acids is 1. The maximum Gasteiger partial charge on any atom is 0.319 e. The van der Waals surface area contributed by atoms with E-state index >= 15 is 0 Å². The zero-order valence-electron chi connectivity index (χ0n) is 11.1. The third-order valence-electron chi connectivity index (χ3n) is 2.56. The molecular formula is C15H14F2N2O2. The standard InChI is InChI=1S/C15H14F2N2O2/c16-11-4-3-5-12(10-11)19-15(20)18-8-9-21-14-7-2-1-6-13(14)17/h1-7,10H,8-9H2,(H2,18,19,20). The maximum absolute atomic E-state index is 13.2. The summed E-state index contributed by atoms with van der Waals surface area (Å²) in [6, 6.07) is 11.1. The first kappa shape index (κ1) is 14.8. The third-order valence-corrected chi connectivity index (χ3v) is 2.56. The first-order valence-corrected chi connectivity index (χ1v) is 6.33. The fourth-order valence-electron chi connectivity index (χ4n) is 1.63. The van der Waals surface area contributed by atoms with Gasteiger partial charge in [0.2, 0.25) is 0 Å². The second kappa shape index (κ2) is 7.23. The number of urea groups is 1. The van der Waals surface area contributed by atoms with Gasteiger partial charge >= 0.3 is 6.03 Å². The second-order valence-electron chi connectivity index (χ2n) is 4.17. The Balaban J connectivity index is 1.71. The van der Waals surface area contributed by atoms with Crippen LogP contribution in [0.2, 0.25) is 0 Å². The number of carbonyl (C=O) groups is 1. The van der Waals surface area contributed by atoms with Crippen molar-refractivity contribution >= 4 is 11.7 Å². The van der Waals surface area contributed by atoms with Crippen molar-refractivity contribution in [3.05, 3.63) is 60.2 Å². The number of para-hydroxylation sites is 1. The summed E-state index contributed by atoms with van der Waals surface area (Å²) in [5.41, 5.74) is 0.350. The molecule has 0 heterocycles. The predicted octanol–water partition coefficient (Wildman–Crippen LogP) is 3.17. The second-order valence-corrected chi connectivity index (χ2v) is 4.17. The van der Waals surface area contributed by atoms with Crippen molar-refractivity contribution in [2.24, 2.45) is 0 Å². The molecule has 2 N–H and O–H groups in total. The summed E-state index contributed by atoms with van der Waals surface area (Å²) < 4.78 is 31.3. The Labute approximate surface area is 120 Å². The van der Waals surface area contributed by atoms with Gasteiger partial charge in [-0.05, 0) is 30.3 Å². The number of hydrogen-bond donors (Lipinski definition) is 2. The summed E-state index contributed by atoms with van der Waals surface area (Å²) in [6.07, 6.45) is 0. The SMILES string of the molecule is O=C(NCCOc1ccccc1F)Nc1cccc(F)c1. The monoisotopic (exact) mass is 292 g/mol. The molecule has 0 fully saturated rings. The van der Waals surface area contributed by atoms with E-state index in [4.69, 9.17) is 4.74 Å². The predicted molar refractivity (Wildman–Crippen MR) is 75.3 cm³/mol. The number of rotatable bonds is 5. The minimum Gasteiger partial charge on any atom is -0.489 e. The first-order valence-electron chi connectivity index (χ1n) is 6.33. The lowest BCUT2D eigenvalue weighted by molar-refractivity contribution is 0.246. The van der Waals surface area contributed by atoms with Crippen molar-refractivity contribution in [2.75, 3.05) is 18.5 Å². The Morgan fingerprint density at radius 1 is 1.10 bits per heavy atom. The van der Waals surface area contributed by atoms with Crippen LogP contribution in [-0.4, -0.2) is 19.2 Å². The van der Waals surface area contributed by atoms with Crippen LogP contribution < -0.4 is 15.4 Å². The first-order chi connectivity index (χ1) is 10.1. The molecule has 0 aliphatic rings. The Morgan fingerprint density at radius 3 is 2.67 bits per heavy atom. The molecule has 0 aromatic heterocycles. The summed E-state index contributed by atoms with van der Waals surface area (Å²) in [5, 5.41) is 4.99. The fraction of sp³-hybridized carbons (Fsp3) is 0.133. The molecule has 0 spiro atoms. The van der Waals surface area contributed by atoms with E-state index in [9.17, 15) is 13.6 Å². The van der Waals surface area contributed by atoms with Gasteiger partial charge in [-0.2, -0.15) is 0 Å². The van der Waals surface area contributed by atoms with Gasteiger partial charge in [-0.1, -0.05) is 18.2 Å². The van der Waals surface area contributed by atoms with Crippen LogP contribution in [0.25, 0.3) is 0 Å². The van der Waals surface area contributed by atoms with Gasteiger partial charge < -0.3 is 15.4 Å². The van der Waals surface area contributed by atoms with Crippen molar-refractivity contribution in [3.63, 3.8) is 0 Å². The van der Waals surface area contributed by atoms with Crippen LogP contribution in [0, 0.1) is 11.6 Å². The minimum atomic E-state index is -0.488. The van der Waals surface area contributed by atoms with Gasteiger partial charge in [-0.25, -0.2) is 13.6 Å². The molecule has 0 radical (unpaired) electrons. The highest BCUT2D eigenvalue weighted by atomic mass is 19.1. The smallest absolute Gasteiger partial charge is 0.319 e. The minimum absolute atomic E-state index is 0.123. The van der Waals surface area contributed by atoms with Crippen LogP contribution in [0.5, 0.6) is 5.75 Å². The van der Waals surface area contributed by atoms with E-state index in [1.165, 1.54) is 30.3 Å². The van der Waals surface area contributed by atoms with E-state index in [2.05, 4.69) is 10.6 Å². The van der Waals surface area contributed by atoms with E-state index in [1.54, 1.807) is 18.2 Å². The van der Waals surface area contributed by atoms with Gasteiger partial charge in [0, 0.05) is 5.69 Å². The van der Waals surface area contributed by atoms with E-state index in [0.717, 1.165) is 0 Å². The molecule has 0 bridgehead atoms. The Morgan fingerprint density at radius 2 is 1.90 bits per heavy atom. The number of benzene rings is 2. The van der Waals surface area contributed by atoms with E-state index in [0.29, 0.717) is 5.69 Å². The van der Waals surface area contributed by atoms with Crippen molar-refractivity contribution in [1.29, 1.82) is 0 Å². The van der Waals surface area contributed by atoms with Crippen molar-refractivity contribution in [1.82, 2.24) is 5.32 Å². The van der Waals surface area contributed by atoms with Crippen LogP contribution >= 0.6 is 0 Å². The average Bonchev–Trinajstić information content (AvgIpc) is 2.45. The van der Waals surface area contributed by atoms with E-state index in [1.807, 2.05) is 0 Å². The lowest BCUT2D eigenvalue weighted by Crippen LogP contribution is -2.32. The van der Waals surface area contributed by atoms with Crippen LogP contribution in [0.15, 0.2) is 48.5 Å². The lowest BCUT2D eigenvalue weighted by atomic mass is 10.3. The molecule has 0 aliphatic carbocycles. The lowest BCUT2D eigenvalue weighted by Gasteiger charge is -2.09. The number of nitrogens with one attached hydrogen (secondary N) is 2. The van der Waals surface area contributed by atoms with E-state index in [-0.39, 0.29) is 18.9 Å². The maximum atomic E-state index is 13.2. The van der Waals surface area contributed by atoms with Crippen LogP contribution in [0.1, 0.15) is 0 Å². The van der Waals surface area contributed by atoms with Gasteiger partial charge in [-0.3, -0.25) is 0 Å². The van der Waals surface area contributed by atoms with Gasteiger partial charge in [0.05, 0.1) is 6.54 Å². The van der Waals surface area contributed by atoms with Crippen molar-refractivity contribution in [3.8, 4) is 5.75 Å². The highest BCUT2D eigenvalue weighted by Gasteiger charge is 2.03. The Bertz CT molecular complexity index is 620. The zero-order chi connectivity index (χ0) is 15.1. The topological polar surface area (TPSA) is 50.4 Å². The molecule has 0 saturated heterocycles. The average molecular weight is 292 g/mol. The number of ether oxygens (including phenoxy) is 1. The molecule has 0 aliphatic heterocycles. The Kier molecular flexibility index (Phi) is 5.09. The molecule has 2 rings (SSSR count). The van der Waals surface area contributed by atoms with Gasteiger partial charge in [0.1, 0.15) is 12.4 Å². The number of halogens is 2. The summed E-state index contributed by atoms with van der Waals surface area (Å²) >= 11 is 0. The molecule has 0 unspecified atom stereocenters. The number of amides is 2. The third kappa shape index (κ3) is 4.76. The highest BCUT2D eigenvalue weighted by Crippen LogP contribution is 2.14. The van der Waals surface area contributed by atoms with Crippen LogP contribution in [0.4, 0.5) is 19.3 Å².